The van der Waals surface area contributed by atoms with Crippen molar-refractivity contribution in [2.45, 2.75) is 13.3 Å². The Morgan fingerprint density at radius 3 is 2.20 bits per heavy atom. The standard InChI is InChI=1S/C8H19N2/c1-5-10(4)8-6-7-9(2)3/h4-8H2,1-3H3. The smallest absolute Gasteiger partial charge is 0.0109 e. The highest BCUT2D eigenvalue weighted by molar-refractivity contribution is 4.53. The van der Waals surface area contributed by atoms with Crippen molar-refractivity contribution < 1.29 is 0 Å². The van der Waals surface area contributed by atoms with Crippen LogP contribution in [0.4, 0.5) is 0 Å². The summed E-state index contributed by atoms with van der Waals surface area (Å²) in [6.07, 6.45) is 1.21. The van der Waals surface area contributed by atoms with Gasteiger partial charge in [0.1, 0.15) is 0 Å². The zero-order valence-electron chi connectivity index (χ0n) is 7.43. The first-order chi connectivity index (χ1) is 4.66. The van der Waals surface area contributed by atoms with E-state index < -0.39 is 0 Å². The van der Waals surface area contributed by atoms with Crippen molar-refractivity contribution in [2.24, 2.45) is 0 Å². The highest BCUT2D eigenvalue weighted by Gasteiger charge is 1.94. The lowest BCUT2D eigenvalue weighted by molar-refractivity contribution is 0.333. The van der Waals surface area contributed by atoms with Crippen molar-refractivity contribution in [2.75, 3.05) is 33.7 Å². The average Bonchev–Trinajstić information content (AvgIpc) is 1.87. The van der Waals surface area contributed by atoms with Crippen molar-refractivity contribution in [1.82, 2.24) is 9.80 Å². The molecule has 0 bridgehead atoms. The molecule has 2 heteroatoms. The molecule has 0 saturated carbocycles. The first-order valence-corrected chi connectivity index (χ1v) is 3.87. The molecular weight excluding hydrogens is 124 g/mol. The predicted molar refractivity (Wildman–Crippen MR) is 45.8 cm³/mol. The van der Waals surface area contributed by atoms with Crippen LogP contribution in [-0.2, 0) is 0 Å². The van der Waals surface area contributed by atoms with Crippen molar-refractivity contribution in [3.05, 3.63) is 7.05 Å². The number of nitrogens with zero attached hydrogens (tertiary/aromatic N) is 2. The van der Waals surface area contributed by atoms with Crippen LogP contribution in [0.3, 0.4) is 0 Å². The Morgan fingerprint density at radius 1 is 1.20 bits per heavy atom. The fourth-order valence-electron chi connectivity index (χ4n) is 0.769. The van der Waals surface area contributed by atoms with Gasteiger partial charge in [0.25, 0.3) is 0 Å². The lowest BCUT2D eigenvalue weighted by atomic mass is 10.4. The zero-order valence-corrected chi connectivity index (χ0v) is 7.43. The molecule has 0 spiro atoms. The second kappa shape index (κ2) is 5.69. The highest BCUT2D eigenvalue weighted by atomic mass is 15.1. The molecule has 1 radical (unpaired) electrons. The van der Waals surface area contributed by atoms with Crippen LogP contribution in [0, 0.1) is 7.05 Å². The van der Waals surface area contributed by atoms with Crippen LogP contribution >= 0.6 is 0 Å². The van der Waals surface area contributed by atoms with Crippen LogP contribution in [0.1, 0.15) is 13.3 Å². The Morgan fingerprint density at radius 2 is 1.80 bits per heavy atom. The van der Waals surface area contributed by atoms with Gasteiger partial charge in [0.2, 0.25) is 0 Å². The molecule has 10 heavy (non-hydrogen) atoms. The van der Waals surface area contributed by atoms with Crippen molar-refractivity contribution in [3.63, 3.8) is 0 Å². The fourth-order valence-corrected chi connectivity index (χ4v) is 0.769. The van der Waals surface area contributed by atoms with E-state index in [1.165, 1.54) is 6.42 Å². The van der Waals surface area contributed by atoms with E-state index in [4.69, 9.17) is 0 Å². The second-order valence-corrected chi connectivity index (χ2v) is 2.87. The van der Waals surface area contributed by atoms with E-state index in [9.17, 15) is 0 Å². The van der Waals surface area contributed by atoms with Crippen molar-refractivity contribution in [1.29, 1.82) is 0 Å². The maximum absolute atomic E-state index is 3.87. The van der Waals surface area contributed by atoms with Crippen LogP contribution in [0.15, 0.2) is 0 Å². The maximum atomic E-state index is 3.87. The van der Waals surface area contributed by atoms with Gasteiger partial charge < -0.3 is 9.80 Å². The summed E-state index contributed by atoms with van der Waals surface area (Å²) in [4.78, 5) is 4.28. The van der Waals surface area contributed by atoms with Crippen molar-refractivity contribution in [3.8, 4) is 0 Å². The SMILES string of the molecule is [CH2]N(CC)CCCN(C)C. The molecular formula is C8H19N2. The molecule has 0 aromatic heterocycles. The van der Waals surface area contributed by atoms with Gasteiger partial charge in [-0.15, -0.1) is 0 Å². The molecule has 0 aliphatic carbocycles. The molecule has 0 N–H and O–H groups in total. The Bertz CT molecular complexity index is 71.7. The van der Waals surface area contributed by atoms with E-state index >= 15 is 0 Å². The quantitative estimate of drug-likeness (QED) is 0.567. The van der Waals surface area contributed by atoms with Gasteiger partial charge in [-0.05, 0) is 40.2 Å². The second-order valence-electron chi connectivity index (χ2n) is 2.87. The van der Waals surface area contributed by atoms with E-state index in [1.54, 1.807) is 0 Å². The number of rotatable bonds is 5. The van der Waals surface area contributed by atoms with E-state index in [2.05, 4.69) is 37.9 Å². The minimum Gasteiger partial charge on any atom is -0.309 e. The average molecular weight is 143 g/mol. The largest absolute Gasteiger partial charge is 0.309 e. The van der Waals surface area contributed by atoms with E-state index in [1.807, 2.05) is 0 Å². The Labute approximate surface area is 64.8 Å². The van der Waals surface area contributed by atoms with E-state index in [0.717, 1.165) is 19.6 Å². The van der Waals surface area contributed by atoms with Crippen LogP contribution in [0.2, 0.25) is 0 Å². The fraction of sp³-hybridized carbons (Fsp3) is 0.875. The van der Waals surface area contributed by atoms with Crippen LogP contribution < -0.4 is 0 Å². The Kier molecular flexibility index (Phi) is 5.64. The molecule has 0 aliphatic heterocycles. The molecule has 0 fully saturated rings. The molecule has 0 aromatic rings. The molecule has 0 unspecified atom stereocenters. The first-order valence-electron chi connectivity index (χ1n) is 3.87. The normalized spacial score (nSPS) is 11.4. The highest BCUT2D eigenvalue weighted by Crippen LogP contribution is 1.88. The van der Waals surface area contributed by atoms with Crippen LogP contribution in [0.25, 0.3) is 0 Å². The molecule has 61 valence electrons. The summed E-state index contributed by atoms with van der Waals surface area (Å²) in [7, 11) is 8.06. The molecule has 0 amide bonds. The molecule has 0 heterocycles. The van der Waals surface area contributed by atoms with Gasteiger partial charge in [-0.1, -0.05) is 6.92 Å². The molecule has 0 atom stereocenters. The summed E-state index contributed by atoms with van der Waals surface area (Å²) in [5.41, 5.74) is 0. The summed E-state index contributed by atoms with van der Waals surface area (Å²) in [5.74, 6) is 0. The lowest BCUT2D eigenvalue weighted by Gasteiger charge is -2.15. The topological polar surface area (TPSA) is 6.48 Å². The third-order valence-corrected chi connectivity index (χ3v) is 1.53. The van der Waals surface area contributed by atoms with Gasteiger partial charge in [-0.2, -0.15) is 0 Å². The monoisotopic (exact) mass is 143 g/mol. The van der Waals surface area contributed by atoms with Gasteiger partial charge in [-0.25, -0.2) is 0 Å². The minimum atomic E-state index is 1.05. The summed E-state index contributed by atoms with van der Waals surface area (Å²) >= 11 is 0. The molecule has 0 rings (SSSR count). The lowest BCUT2D eigenvalue weighted by Crippen LogP contribution is -2.21. The maximum Gasteiger partial charge on any atom is 0.0109 e. The Balaban J connectivity index is 3.03. The summed E-state index contributed by atoms with van der Waals surface area (Å²) in [6, 6.07) is 0. The van der Waals surface area contributed by atoms with Gasteiger partial charge >= 0.3 is 0 Å². The van der Waals surface area contributed by atoms with Gasteiger partial charge in [0, 0.05) is 7.05 Å². The van der Waals surface area contributed by atoms with E-state index in [0.29, 0.717) is 0 Å². The molecule has 0 aromatic carbocycles. The van der Waals surface area contributed by atoms with Crippen LogP contribution in [-0.4, -0.2) is 43.5 Å². The van der Waals surface area contributed by atoms with Crippen LogP contribution in [0.5, 0.6) is 0 Å². The molecule has 0 aliphatic rings. The Hall–Kier alpha value is -0.0800. The third kappa shape index (κ3) is 6.05. The number of hydrogen-bond acceptors (Lipinski definition) is 2. The predicted octanol–water partition coefficient (Wildman–Crippen LogP) is 1.05. The summed E-state index contributed by atoms with van der Waals surface area (Å²) < 4.78 is 0. The molecule has 2 nitrogen and oxygen atoms in total. The van der Waals surface area contributed by atoms with Gasteiger partial charge in [-0.3, -0.25) is 0 Å². The van der Waals surface area contributed by atoms with Gasteiger partial charge in [0.05, 0.1) is 0 Å². The summed E-state index contributed by atoms with van der Waals surface area (Å²) in [5, 5.41) is 0. The van der Waals surface area contributed by atoms with E-state index in [-0.39, 0.29) is 0 Å². The minimum absolute atomic E-state index is 1.05. The zero-order chi connectivity index (χ0) is 7.98. The number of hydrogen-bond donors (Lipinski definition) is 0. The molecule has 0 saturated heterocycles. The summed E-state index contributed by atoms with van der Waals surface area (Å²) in [6.45, 7) is 5.44. The van der Waals surface area contributed by atoms with Gasteiger partial charge in [0.15, 0.2) is 0 Å². The first kappa shape index (κ1) is 9.92. The van der Waals surface area contributed by atoms with Crippen molar-refractivity contribution >= 4 is 0 Å². The third-order valence-electron chi connectivity index (χ3n) is 1.53.